The molecule has 1 aliphatic rings. The zero-order valence-corrected chi connectivity index (χ0v) is 18.8. The fourth-order valence-electron chi connectivity index (χ4n) is 4.15. The average Bonchev–Trinajstić information content (AvgIpc) is 3.24. The van der Waals surface area contributed by atoms with Crippen molar-refractivity contribution in [2.45, 2.75) is 19.3 Å². The van der Waals surface area contributed by atoms with Gasteiger partial charge in [-0.05, 0) is 80.2 Å². The van der Waals surface area contributed by atoms with Gasteiger partial charge in [0.05, 0.1) is 4.70 Å². The van der Waals surface area contributed by atoms with Gasteiger partial charge in [0.1, 0.15) is 18.1 Å². The van der Waals surface area contributed by atoms with Crippen LogP contribution >= 0.6 is 11.3 Å². The molecule has 0 amide bonds. The molecule has 1 fully saturated rings. The molecule has 2 aromatic heterocycles. The lowest BCUT2D eigenvalue weighted by Crippen LogP contribution is -2.36. The Labute approximate surface area is 192 Å². The SMILES string of the molecule is c1ccc(CC2CCN(CCOc3ccc(Oc4nc5ncccc5s4)cc3)CC2)cc1. The lowest BCUT2D eigenvalue weighted by molar-refractivity contribution is 0.155. The summed E-state index contributed by atoms with van der Waals surface area (Å²) < 4.78 is 12.9. The highest BCUT2D eigenvalue weighted by Crippen LogP contribution is 2.31. The lowest BCUT2D eigenvalue weighted by Gasteiger charge is -2.31. The Morgan fingerprint density at radius 2 is 1.69 bits per heavy atom. The summed E-state index contributed by atoms with van der Waals surface area (Å²) in [5, 5.41) is 0.600. The molecule has 1 aliphatic heterocycles. The number of rotatable bonds is 8. The standard InChI is InChI=1S/C26H27N3O2S/c1-2-5-20(6-3-1)19-21-12-15-29(16-13-21)17-18-30-22-8-10-23(11-9-22)31-26-28-25-24(32-26)7-4-14-27-25/h1-11,14,21H,12-13,15-19H2. The van der Waals surface area contributed by atoms with Crippen molar-refractivity contribution in [2.75, 3.05) is 26.2 Å². The predicted octanol–water partition coefficient (Wildman–Crippen LogP) is 5.82. The Hall–Kier alpha value is -2.96. The molecule has 0 bridgehead atoms. The third-order valence-corrected chi connectivity index (χ3v) is 6.81. The monoisotopic (exact) mass is 445 g/mol. The van der Waals surface area contributed by atoms with Gasteiger partial charge in [-0.1, -0.05) is 41.7 Å². The van der Waals surface area contributed by atoms with Crippen LogP contribution in [-0.2, 0) is 6.42 Å². The second-order valence-electron chi connectivity index (χ2n) is 8.20. The molecular weight excluding hydrogens is 418 g/mol. The number of aromatic nitrogens is 2. The van der Waals surface area contributed by atoms with Crippen molar-refractivity contribution in [2.24, 2.45) is 5.92 Å². The maximum Gasteiger partial charge on any atom is 0.281 e. The topological polar surface area (TPSA) is 47.5 Å². The van der Waals surface area contributed by atoms with Gasteiger partial charge in [0.15, 0.2) is 5.65 Å². The van der Waals surface area contributed by atoms with E-state index in [0.717, 1.165) is 47.4 Å². The van der Waals surface area contributed by atoms with E-state index >= 15 is 0 Å². The largest absolute Gasteiger partial charge is 0.492 e. The molecule has 1 saturated heterocycles. The van der Waals surface area contributed by atoms with E-state index in [9.17, 15) is 0 Å². The highest BCUT2D eigenvalue weighted by Gasteiger charge is 2.19. The number of hydrogen-bond acceptors (Lipinski definition) is 6. The average molecular weight is 446 g/mol. The van der Waals surface area contributed by atoms with Gasteiger partial charge in [-0.2, -0.15) is 4.98 Å². The third kappa shape index (κ3) is 5.44. The zero-order chi connectivity index (χ0) is 21.6. The first kappa shape index (κ1) is 20.9. The first-order valence-electron chi connectivity index (χ1n) is 11.2. The molecule has 0 aliphatic carbocycles. The van der Waals surface area contributed by atoms with E-state index in [4.69, 9.17) is 9.47 Å². The molecule has 2 aromatic carbocycles. The van der Waals surface area contributed by atoms with E-state index in [0.29, 0.717) is 11.8 Å². The van der Waals surface area contributed by atoms with E-state index in [2.05, 4.69) is 45.2 Å². The first-order valence-corrected chi connectivity index (χ1v) is 12.0. The highest BCUT2D eigenvalue weighted by atomic mass is 32.1. The van der Waals surface area contributed by atoms with Gasteiger partial charge in [-0.25, -0.2) is 4.98 Å². The molecule has 5 rings (SSSR count). The van der Waals surface area contributed by atoms with Gasteiger partial charge in [-0.15, -0.1) is 0 Å². The highest BCUT2D eigenvalue weighted by molar-refractivity contribution is 7.20. The number of ether oxygens (including phenoxy) is 2. The molecule has 0 saturated carbocycles. The second kappa shape index (κ2) is 10.1. The number of fused-ring (bicyclic) bond motifs is 1. The van der Waals surface area contributed by atoms with E-state index in [1.165, 1.54) is 36.2 Å². The number of piperidine rings is 1. The number of benzene rings is 2. The third-order valence-electron chi connectivity index (χ3n) is 5.92. The van der Waals surface area contributed by atoms with Crippen LogP contribution in [0.4, 0.5) is 0 Å². The number of hydrogen-bond donors (Lipinski definition) is 0. The van der Waals surface area contributed by atoms with Gasteiger partial charge in [0.2, 0.25) is 0 Å². The zero-order valence-electron chi connectivity index (χ0n) is 18.0. The van der Waals surface area contributed by atoms with Crippen LogP contribution in [0.25, 0.3) is 10.3 Å². The summed E-state index contributed by atoms with van der Waals surface area (Å²) in [4.78, 5) is 11.2. The normalized spacial score (nSPS) is 15.1. The number of pyridine rings is 1. The number of likely N-dealkylation sites (tertiary alicyclic amines) is 1. The van der Waals surface area contributed by atoms with Crippen molar-refractivity contribution in [3.63, 3.8) is 0 Å². The van der Waals surface area contributed by atoms with Crippen LogP contribution in [0.15, 0.2) is 72.9 Å². The summed E-state index contributed by atoms with van der Waals surface area (Å²) in [5.74, 6) is 2.41. The van der Waals surface area contributed by atoms with Gasteiger partial charge in [-0.3, -0.25) is 4.90 Å². The number of nitrogens with zero attached hydrogens (tertiary/aromatic N) is 3. The summed E-state index contributed by atoms with van der Waals surface area (Å²) in [5.41, 5.74) is 2.18. The van der Waals surface area contributed by atoms with Gasteiger partial charge < -0.3 is 9.47 Å². The summed E-state index contributed by atoms with van der Waals surface area (Å²) in [6.07, 6.45) is 5.47. The van der Waals surface area contributed by atoms with Gasteiger partial charge in [0, 0.05) is 12.7 Å². The van der Waals surface area contributed by atoms with Crippen molar-refractivity contribution >= 4 is 21.7 Å². The summed E-state index contributed by atoms with van der Waals surface area (Å²) in [7, 11) is 0. The second-order valence-corrected chi connectivity index (χ2v) is 9.19. The number of thiazole rings is 1. The molecular formula is C26H27N3O2S. The summed E-state index contributed by atoms with van der Waals surface area (Å²) in [6.45, 7) is 3.98. The molecule has 0 unspecified atom stereocenters. The fraction of sp³-hybridized carbons (Fsp3) is 0.308. The molecule has 5 nitrogen and oxygen atoms in total. The minimum atomic E-state index is 0.600. The van der Waals surface area contributed by atoms with Crippen LogP contribution in [0.1, 0.15) is 18.4 Å². The van der Waals surface area contributed by atoms with Crippen LogP contribution in [0, 0.1) is 5.92 Å². The lowest BCUT2D eigenvalue weighted by atomic mass is 9.90. The van der Waals surface area contributed by atoms with Gasteiger partial charge >= 0.3 is 0 Å². The smallest absolute Gasteiger partial charge is 0.281 e. The molecule has 3 heterocycles. The summed E-state index contributed by atoms with van der Waals surface area (Å²) >= 11 is 1.49. The van der Waals surface area contributed by atoms with Crippen LogP contribution in [0.5, 0.6) is 16.7 Å². The fourth-order valence-corrected chi connectivity index (χ4v) is 4.95. The maximum atomic E-state index is 5.96. The Morgan fingerprint density at radius 3 is 2.47 bits per heavy atom. The minimum absolute atomic E-state index is 0.600. The molecule has 0 atom stereocenters. The van der Waals surface area contributed by atoms with E-state index in [1.54, 1.807) is 6.20 Å². The Bertz CT molecular complexity index is 1090. The van der Waals surface area contributed by atoms with Crippen molar-refractivity contribution < 1.29 is 9.47 Å². The van der Waals surface area contributed by atoms with E-state index in [-0.39, 0.29) is 0 Å². The predicted molar refractivity (Wildman–Crippen MR) is 129 cm³/mol. The molecule has 0 spiro atoms. The Balaban J connectivity index is 1.04. The molecule has 6 heteroatoms. The van der Waals surface area contributed by atoms with E-state index < -0.39 is 0 Å². The first-order chi connectivity index (χ1) is 15.8. The van der Waals surface area contributed by atoms with Crippen LogP contribution in [0.3, 0.4) is 0 Å². The van der Waals surface area contributed by atoms with Crippen LogP contribution in [0.2, 0.25) is 0 Å². The van der Waals surface area contributed by atoms with Crippen LogP contribution in [-0.4, -0.2) is 41.1 Å². The molecule has 32 heavy (non-hydrogen) atoms. The van der Waals surface area contributed by atoms with Crippen molar-refractivity contribution in [1.29, 1.82) is 0 Å². The van der Waals surface area contributed by atoms with E-state index in [1.807, 2.05) is 36.4 Å². The van der Waals surface area contributed by atoms with Crippen molar-refractivity contribution in [3.05, 3.63) is 78.5 Å². The maximum absolute atomic E-state index is 5.96. The quantitative estimate of drug-likeness (QED) is 0.342. The van der Waals surface area contributed by atoms with Gasteiger partial charge in [0.25, 0.3) is 5.19 Å². The van der Waals surface area contributed by atoms with Crippen molar-refractivity contribution in [1.82, 2.24) is 14.9 Å². The summed E-state index contributed by atoms with van der Waals surface area (Å²) in [6, 6.07) is 22.5. The van der Waals surface area contributed by atoms with Crippen LogP contribution < -0.4 is 9.47 Å². The van der Waals surface area contributed by atoms with Crippen molar-refractivity contribution in [3.8, 4) is 16.7 Å². The molecule has 0 radical (unpaired) electrons. The molecule has 164 valence electrons. The minimum Gasteiger partial charge on any atom is -0.492 e. The molecule has 4 aromatic rings. The Kier molecular flexibility index (Phi) is 6.61. The Morgan fingerprint density at radius 1 is 0.906 bits per heavy atom. The molecule has 0 N–H and O–H groups in total.